The number of esters is 1. The Labute approximate surface area is 395 Å². The van der Waals surface area contributed by atoms with Crippen molar-refractivity contribution in [3.63, 3.8) is 0 Å². The van der Waals surface area contributed by atoms with Crippen LogP contribution in [0.25, 0.3) is 10.9 Å². The molecule has 1 aliphatic heterocycles. The molecule has 14 heteroatoms. The summed E-state index contributed by atoms with van der Waals surface area (Å²) >= 11 is 0. The third-order valence-corrected chi connectivity index (χ3v) is 13.1. The van der Waals surface area contributed by atoms with E-state index in [9.17, 15) is 34.5 Å². The number of phenols is 1. The summed E-state index contributed by atoms with van der Waals surface area (Å²) in [7, 11) is 0. The zero-order chi connectivity index (χ0) is 47.5. The highest BCUT2D eigenvalue weighted by Gasteiger charge is 2.42. The molecule has 1 aromatic heterocycles. The van der Waals surface area contributed by atoms with Crippen molar-refractivity contribution in [2.75, 3.05) is 32.8 Å². The molecule has 2 aliphatic rings. The number of hydrogen-bond donors (Lipinski definition) is 7. The first kappa shape index (κ1) is 47.6. The normalized spacial score (nSPS) is 18.0. The maximum absolute atomic E-state index is 13.9. The zero-order valence-electron chi connectivity index (χ0n) is 37.9. The molecular formula is C54H59N5O9. The first-order chi connectivity index (χ1) is 33.0. The lowest BCUT2D eigenvalue weighted by Crippen LogP contribution is -2.44. The number of fused-ring (bicyclic) bond motifs is 1. The Balaban J connectivity index is 0.761. The third-order valence-electron chi connectivity index (χ3n) is 13.1. The average Bonchev–Trinajstić information content (AvgIpc) is 3.37. The molecule has 2 heterocycles. The summed E-state index contributed by atoms with van der Waals surface area (Å²) < 4.78 is 11.8. The number of nitrogens with zero attached hydrogens (tertiary/aromatic N) is 1. The number of carbonyl (C=O) groups is 3. The van der Waals surface area contributed by atoms with Crippen LogP contribution in [0.3, 0.4) is 0 Å². The van der Waals surface area contributed by atoms with Gasteiger partial charge >= 0.3 is 5.97 Å². The fourth-order valence-corrected chi connectivity index (χ4v) is 9.20. The number of nitrogens with one attached hydrogen (secondary N) is 4. The Kier molecular flexibility index (Phi) is 15.6. The molecule has 354 valence electrons. The molecule has 1 saturated heterocycles. The van der Waals surface area contributed by atoms with E-state index in [1.165, 1.54) is 17.7 Å². The van der Waals surface area contributed by atoms with Crippen LogP contribution < -0.4 is 26.2 Å². The number of piperidine rings is 1. The molecular weight excluding hydrogens is 863 g/mol. The zero-order valence-corrected chi connectivity index (χ0v) is 37.9. The van der Waals surface area contributed by atoms with Gasteiger partial charge in [-0.25, -0.2) is 4.79 Å². The Morgan fingerprint density at radius 2 is 1.43 bits per heavy atom. The summed E-state index contributed by atoms with van der Waals surface area (Å²) in [5.74, 6) is -0.814. The fourth-order valence-electron chi connectivity index (χ4n) is 9.20. The number of aliphatic hydroxyl groups excluding tert-OH is 1. The number of carbonyl (C=O) groups excluding carboxylic acids is 3. The summed E-state index contributed by atoms with van der Waals surface area (Å²) in [4.78, 5) is 56.9. The van der Waals surface area contributed by atoms with Crippen LogP contribution in [0.2, 0.25) is 0 Å². The SMILES string of the molecule is O=C(COc1cccc(C(O)(C(=O)OCC2CCN(Cc3ccccc3)CC2)c2ccccc2)c1)N[C@H]1CC[C@H](NC(=O)c2ccc(CNC[C@H](O)c3ccc(O)c4[nH]c(=O)ccc34)cc2)CC1. The molecule has 7 N–H and O–H groups in total. The van der Waals surface area contributed by atoms with Gasteiger partial charge in [0.1, 0.15) is 11.5 Å². The number of aromatic amines is 1. The predicted molar refractivity (Wildman–Crippen MR) is 258 cm³/mol. The van der Waals surface area contributed by atoms with E-state index < -0.39 is 17.7 Å². The molecule has 6 aromatic rings. The Hall–Kier alpha value is -6.84. The lowest BCUT2D eigenvalue weighted by Gasteiger charge is -2.33. The second kappa shape index (κ2) is 22.3. The van der Waals surface area contributed by atoms with E-state index in [4.69, 9.17) is 9.47 Å². The number of phenolic OH excluding ortho intramolecular Hbond substituents is 1. The largest absolute Gasteiger partial charge is 0.506 e. The lowest BCUT2D eigenvalue weighted by molar-refractivity contribution is -0.164. The van der Waals surface area contributed by atoms with Crippen LogP contribution >= 0.6 is 0 Å². The van der Waals surface area contributed by atoms with Crippen molar-refractivity contribution < 1.29 is 39.2 Å². The van der Waals surface area contributed by atoms with E-state index in [0.29, 0.717) is 60.1 Å². The van der Waals surface area contributed by atoms with E-state index >= 15 is 0 Å². The van der Waals surface area contributed by atoms with Crippen LogP contribution in [0.4, 0.5) is 0 Å². The van der Waals surface area contributed by atoms with Crippen LogP contribution in [0.15, 0.2) is 138 Å². The van der Waals surface area contributed by atoms with Gasteiger partial charge < -0.3 is 45.7 Å². The van der Waals surface area contributed by atoms with Gasteiger partial charge in [0.25, 0.3) is 11.8 Å². The van der Waals surface area contributed by atoms with Crippen LogP contribution in [0.1, 0.15) is 82.8 Å². The molecule has 1 saturated carbocycles. The summed E-state index contributed by atoms with van der Waals surface area (Å²) in [6.45, 7) is 3.30. The van der Waals surface area contributed by atoms with Crippen molar-refractivity contribution in [1.29, 1.82) is 0 Å². The van der Waals surface area contributed by atoms with Crippen LogP contribution in [0.5, 0.6) is 11.5 Å². The van der Waals surface area contributed by atoms with Gasteiger partial charge in [-0.05, 0) is 116 Å². The summed E-state index contributed by atoms with van der Waals surface area (Å²) in [5.41, 5.74) is 1.76. The number of rotatable bonds is 18. The van der Waals surface area contributed by atoms with Crippen LogP contribution in [-0.2, 0) is 33.0 Å². The first-order valence-corrected chi connectivity index (χ1v) is 23.4. The van der Waals surface area contributed by atoms with Crippen molar-refractivity contribution >= 4 is 28.7 Å². The maximum atomic E-state index is 13.9. The van der Waals surface area contributed by atoms with Gasteiger partial charge in [-0.2, -0.15) is 0 Å². The molecule has 2 atom stereocenters. The van der Waals surface area contributed by atoms with Gasteiger partial charge in [0.2, 0.25) is 11.2 Å². The Bertz CT molecular complexity index is 2700. The minimum Gasteiger partial charge on any atom is -0.506 e. The number of ether oxygens (including phenoxy) is 2. The molecule has 14 nitrogen and oxygen atoms in total. The lowest BCUT2D eigenvalue weighted by atomic mass is 9.86. The van der Waals surface area contributed by atoms with E-state index in [-0.39, 0.29) is 72.0 Å². The minimum atomic E-state index is -2.10. The summed E-state index contributed by atoms with van der Waals surface area (Å²) in [6.07, 6.45) is 3.62. The summed E-state index contributed by atoms with van der Waals surface area (Å²) in [5, 5.41) is 43.1. The van der Waals surface area contributed by atoms with Gasteiger partial charge in [-0.3, -0.25) is 19.3 Å². The first-order valence-electron chi connectivity index (χ1n) is 23.4. The van der Waals surface area contributed by atoms with E-state index in [0.717, 1.165) is 38.0 Å². The molecule has 68 heavy (non-hydrogen) atoms. The number of aliphatic hydroxyl groups is 2. The maximum Gasteiger partial charge on any atom is 0.347 e. The number of H-pyrrole nitrogens is 1. The van der Waals surface area contributed by atoms with Gasteiger partial charge in [0.05, 0.1) is 18.2 Å². The van der Waals surface area contributed by atoms with Crippen molar-refractivity contribution in [3.05, 3.63) is 177 Å². The molecule has 2 fully saturated rings. The molecule has 0 radical (unpaired) electrons. The third kappa shape index (κ3) is 12.0. The van der Waals surface area contributed by atoms with Crippen molar-refractivity contribution in [2.24, 2.45) is 5.92 Å². The molecule has 0 bridgehead atoms. The van der Waals surface area contributed by atoms with Crippen molar-refractivity contribution in [1.82, 2.24) is 25.8 Å². The number of aromatic nitrogens is 1. The molecule has 0 spiro atoms. The fraction of sp³-hybridized carbons (Fsp3) is 0.333. The minimum absolute atomic E-state index is 0.0423. The quantitative estimate of drug-likeness (QED) is 0.0500. The second-order valence-electron chi connectivity index (χ2n) is 17.9. The van der Waals surface area contributed by atoms with Gasteiger partial charge in [0, 0.05) is 54.3 Å². The highest BCUT2D eigenvalue weighted by Crippen LogP contribution is 2.34. The number of amides is 2. The highest BCUT2D eigenvalue weighted by atomic mass is 16.5. The number of likely N-dealkylation sites (tertiary alicyclic amines) is 1. The molecule has 8 rings (SSSR count). The molecule has 2 amide bonds. The number of benzene rings is 5. The van der Waals surface area contributed by atoms with Crippen molar-refractivity contribution in [3.8, 4) is 11.5 Å². The monoisotopic (exact) mass is 921 g/mol. The van der Waals surface area contributed by atoms with E-state index in [2.05, 4.69) is 38.0 Å². The van der Waals surface area contributed by atoms with Gasteiger partial charge in [0.15, 0.2) is 6.61 Å². The predicted octanol–water partition coefficient (Wildman–Crippen LogP) is 5.98. The topological polar surface area (TPSA) is 203 Å². The van der Waals surface area contributed by atoms with Gasteiger partial charge in [-0.1, -0.05) is 91.0 Å². The van der Waals surface area contributed by atoms with Crippen LogP contribution in [0, 0.1) is 5.92 Å². The Morgan fingerprint density at radius 1 is 0.750 bits per heavy atom. The van der Waals surface area contributed by atoms with E-state index in [1.807, 2.05) is 36.4 Å². The second-order valence-corrected chi connectivity index (χ2v) is 17.9. The molecule has 1 unspecified atom stereocenters. The smallest absolute Gasteiger partial charge is 0.347 e. The van der Waals surface area contributed by atoms with Crippen LogP contribution in [-0.4, -0.2) is 87.9 Å². The number of pyridine rings is 1. The molecule has 1 aliphatic carbocycles. The summed E-state index contributed by atoms with van der Waals surface area (Å²) in [6, 6.07) is 38.8. The average molecular weight is 922 g/mol. The Morgan fingerprint density at radius 3 is 2.15 bits per heavy atom. The van der Waals surface area contributed by atoms with E-state index in [1.54, 1.807) is 72.8 Å². The molecule has 5 aromatic carbocycles. The standard InChI is InChI=1S/C54H59N5O9/c60-47-24-22-45(46-23-25-49(62)58-51(46)47)48(61)32-55-31-36-14-16-39(17-15-36)52(64)57-43-20-18-42(19-21-43)56-50(63)35-67-44-13-7-12-41(30-44)54(66,40-10-5-2-6-11-40)53(65)68-34-38-26-28-59(29-27-38)33-37-8-3-1-4-9-37/h1-17,22-25,30,38,42-43,48,55,60-61,66H,18-21,26-29,31-35H2,(H,56,63)(H,57,64)(H,58,62)/t42-,43-,48-,54?/m0/s1. The highest BCUT2D eigenvalue weighted by molar-refractivity contribution is 5.94. The van der Waals surface area contributed by atoms with Crippen molar-refractivity contribution in [2.45, 2.75) is 75.4 Å². The van der Waals surface area contributed by atoms with Gasteiger partial charge in [-0.15, -0.1) is 0 Å². The number of hydrogen-bond acceptors (Lipinski definition) is 11. The number of aromatic hydroxyl groups is 1.